The molecule has 5 rings (SSSR count). The quantitative estimate of drug-likeness (QED) is 0.614. The molecule has 1 atom stereocenters. The lowest BCUT2D eigenvalue weighted by atomic mass is 10.2. The van der Waals surface area contributed by atoms with Crippen LogP contribution in [-0.2, 0) is 20.9 Å². The minimum atomic E-state index is -1.07. The number of thiazole rings is 1. The number of esters is 1. The summed E-state index contributed by atoms with van der Waals surface area (Å²) >= 11 is 2.72. The number of hydrogen-bond donors (Lipinski definition) is 0. The van der Waals surface area contributed by atoms with Gasteiger partial charge < -0.3 is 4.74 Å². The third-order valence-electron chi connectivity index (χ3n) is 4.97. The van der Waals surface area contributed by atoms with Gasteiger partial charge in [-0.1, -0.05) is 23.9 Å². The summed E-state index contributed by atoms with van der Waals surface area (Å²) in [5, 5.41) is 1.85. The van der Waals surface area contributed by atoms with Gasteiger partial charge in [-0.25, -0.2) is 9.78 Å². The molecular formula is C19H15N3O4S2. The van der Waals surface area contributed by atoms with E-state index in [4.69, 9.17) is 4.74 Å². The van der Waals surface area contributed by atoms with Crippen molar-refractivity contribution < 1.29 is 14.3 Å². The van der Waals surface area contributed by atoms with Gasteiger partial charge in [-0.2, -0.15) is 0 Å². The summed E-state index contributed by atoms with van der Waals surface area (Å²) < 4.78 is 7.07. The molecule has 0 N–H and O–H groups in total. The number of ether oxygens (including phenoxy) is 1. The van der Waals surface area contributed by atoms with Crippen molar-refractivity contribution in [2.24, 2.45) is 0 Å². The highest BCUT2D eigenvalue weighted by molar-refractivity contribution is 8.02. The van der Waals surface area contributed by atoms with Crippen molar-refractivity contribution in [3.63, 3.8) is 0 Å². The van der Waals surface area contributed by atoms with Crippen LogP contribution < -0.4 is 10.5 Å². The maximum atomic E-state index is 13.0. The third-order valence-corrected chi connectivity index (χ3v) is 7.37. The molecule has 1 saturated heterocycles. The number of carbonyl (C=O) groups is 2. The van der Waals surface area contributed by atoms with Gasteiger partial charge in [0.15, 0.2) is 9.83 Å². The minimum Gasteiger partial charge on any atom is -0.457 e. The molecule has 0 saturated carbocycles. The van der Waals surface area contributed by atoms with E-state index in [1.54, 1.807) is 4.90 Å². The number of nitrogens with zero attached hydrogens (tertiary/aromatic N) is 3. The fourth-order valence-corrected chi connectivity index (χ4v) is 6.00. The van der Waals surface area contributed by atoms with E-state index in [9.17, 15) is 14.4 Å². The molecule has 9 heteroatoms. The maximum Gasteiger partial charge on any atom is 0.343 e. The smallest absolute Gasteiger partial charge is 0.343 e. The second-order valence-electron chi connectivity index (χ2n) is 6.74. The number of thioether (sulfide) groups is 1. The lowest BCUT2D eigenvalue weighted by molar-refractivity contribution is -0.148. The average Bonchev–Trinajstić information content (AvgIpc) is 3.32. The Morgan fingerprint density at radius 1 is 1.32 bits per heavy atom. The van der Waals surface area contributed by atoms with Gasteiger partial charge in [0.1, 0.15) is 6.61 Å². The van der Waals surface area contributed by atoms with Crippen LogP contribution in [0.5, 0.6) is 0 Å². The molecule has 4 heterocycles. The Hall–Kier alpha value is -2.65. The van der Waals surface area contributed by atoms with Gasteiger partial charge in [-0.05, 0) is 19.1 Å². The lowest BCUT2D eigenvalue weighted by Crippen LogP contribution is -2.47. The molecule has 2 aliphatic heterocycles. The van der Waals surface area contributed by atoms with Gasteiger partial charge in [0.2, 0.25) is 5.91 Å². The molecular weight excluding hydrogens is 398 g/mol. The Kier molecular flexibility index (Phi) is 3.85. The van der Waals surface area contributed by atoms with Crippen LogP contribution >= 0.6 is 23.1 Å². The van der Waals surface area contributed by atoms with E-state index < -0.39 is 10.8 Å². The van der Waals surface area contributed by atoms with Crippen molar-refractivity contribution in [1.29, 1.82) is 0 Å². The van der Waals surface area contributed by atoms with E-state index in [-0.39, 0.29) is 18.1 Å². The summed E-state index contributed by atoms with van der Waals surface area (Å²) in [5.74, 6) is -0.565. The van der Waals surface area contributed by atoms with E-state index in [2.05, 4.69) is 4.98 Å². The summed E-state index contributed by atoms with van der Waals surface area (Å²) in [6, 6.07) is 8.85. The SMILES string of the molecule is Cc1csc2nc(COC(=O)[C@@]34CCC(=O)N3c3ccccc3S4)cc(=O)n12. The number of para-hydroxylation sites is 1. The standard InChI is InChI=1S/C19H15N3O4S2/c1-11-10-27-18-20-12(8-16(24)21(11)18)9-26-17(25)19-7-6-15(23)22(19)13-4-2-3-5-14(13)28-19/h2-5,8,10H,6-7,9H2,1H3/t19-/m0/s1. The molecule has 0 aliphatic carbocycles. The zero-order valence-electron chi connectivity index (χ0n) is 14.9. The Morgan fingerprint density at radius 2 is 2.14 bits per heavy atom. The normalized spacial score (nSPS) is 20.5. The van der Waals surface area contributed by atoms with Gasteiger partial charge >= 0.3 is 5.97 Å². The summed E-state index contributed by atoms with van der Waals surface area (Å²) in [6.45, 7) is 1.73. The molecule has 7 nitrogen and oxygen atoms in total. The second kappa shape index (κ2) is 6.18. The largest absolute Gasteiger partial charge is 0.457 e. The number of fused-ring (bicyclic) bond motifs is 4. The first-order valence-corrected chi connectivity index (χ1v) is 10.4. The molecule has 0 radical (unpaired) electrons. The Balaban J connectivity index is 1.42. The fraction of sp³-hybridized carbons (Fsp3) is 0.263. The topological polar surface area (TPSA) is 81.0 Å². The van der Waals surface area contributed by atoms with Crippen molar-refractivity contribution in [2.45, 2.75) is 36.1 Å². The van der Waals surface area contributed by atoms with Crippen molar-refractivity contribution in [3.8, 4) is 0 Å². The fourth-order valence-electron chi connectivity index (χ4n) is 3.70. The van der Waals surface area contributed by atoms with Gasteiger partial charge in [-0.15, -0.1) is 11.3 Å². The van der Waals surface area contributed by atoms with Gasteiger partial charge in [0, 0.05) is 34.9 Å². The van der Waals surface area contributed by atoms with Crippen molar-refractivity contribution in [2.75, 3.05) is 4.90 Å². The zero-order valence-corrected chi connectivity index (χ0v) is 16.5. The highest BCUT2D eigenvalue weighted by Gasteiger charge is 2.58. The first-order chi connectivity index (χ1) is 13.5. The molecule has 0 bridgehead atoms. The number of hydrogen-bond acceptors (Lipinski definition) is 7. The Bertz CT molecular complexity index is 1200. The summed E-state index contributed by atoms with van der Waals surface area (Å²) in [6.07, 6.45) is 0.694. The van der Waals surface area contributed by atoms with Crippen molar-refractivity contribution in [3.05, 3.63) is 57.5 Å². The third kappa shape index (κ3) is 2.43. The van der Waals surface area contributed by atoms with E-state index in [0.717, 1.165) is 16.3 Å². The molecule has 3 aromatic rings. The lowest BCUT2D eigenvalue weighted by Gasteiger charge is -2.28. The van der Waals surface area contributed by atoms with E-state index in [1.165, 1.54) is 33.6 Å². The molecule has 0 unspecified atom stereocenters. The maximum absolute atomic E-state index is 13.0. The molecule has 1 fully saturated rings. The number of aryl methyl sites for hydroxylation is 1. The number of carbonyl (C=O) groups excluding carboxylic acids is 2. The monoisotopic (exact) mass is 413 g/mol. The zero-order chi connectivity index (χ0) is 19.5. The van der Waals surface area contributed by atoms with Gasteiger partial charge in [0.25, 0.3) is 5.56 Å². The van der Waals surface area contributed by atoms with E-state index >= 15 is 0 Å². The number of aromatic nitrogens is 2. The Morgan fingerprint density at radius 3 is 3.00 bits per heavy atom. The number of anilines is 1. The van der Waals surface area contributed by atoms with E-state index in [1.807, 2.05) is 36.6 Å². The molecule has 2 aromatic heterocycles. The second-order valence-corrected chi connectivity index (χ2v) is 8.90. The molecule has 1 aromatic carbocycles. The summed E-state index contributed by atoms with van der Waals surface area (Å²) in [4.78, 5) is 44.1. The van der Waals surface area contributed by atoms with Crippen LogP contribution in [0.15, 0.2) is 45.4 Å². The van der Waals surface area contributed by atoms with Crippen LogP contribution in [-0.4, -0.2) is 26.1 Å². The van der Waals surface area contributed by atoms with Crippen molar-refractivity contribution in [1.82, 2.24) is 9.38 Å². The van der Waals surface area contributed by atoms with E-state index in [0.29, 0.717) is 23.5 Å². The Labute approximate surface area is 168 Å². The van der Waals surface area contributed by atoms with Crippen LogP contribution in [0.1, 0.15) is 24.2 Å². The molecule has 2 aliphatic rings. The minimum absolute atomic E-state index is 0.0822. The van der Waals surface area contributed by atoms with Crippen LogP contribution in [0.2, 0.25) is 0 Å². The van der Waals surface area contributed by atoms with Crippen LogP contribution in [0, 0.1) is 6.92 Å². The first kappa shape index (κ1) is 17.4. The van der Waals surface area contributed by atoms with Crippen LogP contribution in [0.3, 0.4) is 0 Å². The first-order valence-electron chi connectivity index (χ1n) is 8.75. The average molecular weight is 413 g/mol. The summed E-state index contributed by atoms with van der Waals surface area (Å²) in [7, 11) is 0. The predicted molar refractivity (Wildman–Crippen MR) is 106 cm³/mol. The highest BCUT2D eigenvalue weighted by atomic mass is 32.2. The van der Waals surface area contributed by atoms with Gasteiger partial charge in [-0.3, -0.25) is 18.9 Å². The molecule has 28 heavy (non-hydrogen) atoms. The number of amides is 1. The van der Waals surface area contributed by atoms with Crippen LogP contribution in [0.4, 0.5) is 5.69 Å². The van der Waals surface area contributed by atoms with Crippen LogP contribution in [0.25, 0.3) is 4.96 Å². The summed E-state index contributed by atoms with van der Waals surface area (Å²) in [5.41, 5.74) is 1.76. The molecule has 142 valence electrons. The highest BCUT2D eigenvalue weighted by Crippen LogP contribution is 2.56. The molecule has 0 spiro atoms. The number of rotatable bonds is 3. The molecule has 1 amide bonds. The number of benzene rings is 1. The predicted octanol–water partition coefficient (Wildman–Crippen LogP) is 2.74. The van der Waals surface area contributed by atoms with Crippen molar-refractivity contribution >= 4 is 45.6 Å². The van der Waals surface area contributed by atoms with Gasteiger partial charge in [0.05, 0.1) is 11.4 Å².